The summed E-state index contributed by atoms with van der Waals surface area (Å²) in [6.45, 7) is 4.27. The Balaban J connectivity index is 0.00000385. The van der Waals surface area contributed by atoms with Gasteiger partial charge in [-0.25, -0.2) is 4.99 Å². The van der Waals surface area contributed by atoms with Crippen LogP contribution in [0.15, 0.2) is 35.3 Å². The van der Waals surface area contributed by atoms with Gasteiger partial charge in [0.25, 0.3) is 0 Å². The van der Waals surface area contributed by atoms with E-state index >= 15 is 0 Å². The number of likely N-dealkylation sites (N-methyl/N-ethyl adjacent to an activating group) is 1. The first-order valence-electron chi connectivity index (χ1n) is 12.3. The first kappa shape index (κ1) is 27.7. The Hall–Kier alpha value is -1.55. The van der Waals surface area contributed by atoms with Crippen molar-refractivity contribution in [1.29, 1.82) is 0 Å². The van der Waals surface area contributed by atoms with Gasteiger partial charge in [0.05, 0.1) is 0 Å². The number of carbonyl (C=O) groups excluding carboxylic acids is 1. The minimum atomic E-state index is 0. The normalized spacial score (nSPS) is 18.0. The van der Waals surface area contributed by atoms with Crippen molar-refractivity contribution in [3.05, 3.63) is 30.3 Å². The summed E-state index contributed by atoms with van der Waals surface area (Å²) in [4.78, 5) is 23.2. The molecule has 1 aromatic carbocycles. The highest BCUT2D eigenvalue weighted by atomic mass is 127. The zero-order chi connectivity index (χ0) is 22.8. The number of likely N-dealkylation sites (tertiary alicyclic amines) is 1. The third-order valence-corrected chi connectivity index (χ3v) is 6.74. The summed E-state index contributed by atoms with van der Waals surface area (Å²) in [5.41, 5.74) is 1.23. The lowest BCUT2D eigenvalue weighted by molar-refractivity contribution is -0.127. The number of guanidine groups is 1. The number of halogens is 1. The highest BCUT2D eigenvalue weighted by Crippen LogP contribution is 2.26. The van der Waals surface area contributed by atoms with Crippen LogP contribution in [0.2, 0.25) is 0 Å². The Kier molecular flexibility index (Phi) is 12.3. The van der Waals surface area contributed by atoms with Gasteiger partial charge < -0.3 is 25.3 Å². The molecule has 1 aliphatic carbocycles. The number of amides is 1. The number of hydrogen-bond donors (Lipinski definition) is 2. The average Bonchev–Trinajstić information content (AvgIpc) is 3.35. The van der Waals surface area contributed by atoms with E-state index in [1.54, 1.807) is 19.0 Å². The van der Waals surface area contributed by atoms with Crippen molar-refractivity contribution < 1.29 is 4.79 Å². The van der Waals surface area contributed by atoms with Crippen LogP contribution >= 0.6 is 24.0 Å². The van der Waals surface area contributed by atoms with Crippen LogP contribution in [0.25, 0.3) is 0 Å². The summed E-state index contributed by atoms with van der Waals surface area (Å²) >= 11 is 0. The fourth-order valence-electron chi connectivity index (χ4n) is 4.65. The Morgan fingerprint density at radius 2 is 1.73 bits per heavy atom. The number of anilines is 1. The number of rotatable bonds is 9. The molecule has 7 nitrogen and oxygen atoms in total. The molecule has 0 unspecified atom stereocenters. The number of nitrogens with one attached hydrogen (secondary N) is 2. The van der Waals surface area contributed by atoms with E-state index in [0.29, 0.717) is 6.04 Å². The molecule has 0 aromatic heterocycles. The van der Waals surface area contributed by atoms with E-state index in [1.165, 1.54) is 31.4 Å². The molecule has 1 saturated carbocycles. The molecule has 0 spiro atoms. The fourth-order valence-corrected chi connectivity index (χ4v) is 4.65. The topological polar surface area (TPSA) is 63.2 Å². The van der Waals surface area contributed by atoms with Crippen molar-refractivity contribution in [1.82, 2.24) is 20.4 Å². The number of para-hydroxylation sites is 1. The van der Waals surface area contributed by atoms with Crippen molar-refractivity contribution >= 4 is 41.5 Å². The van der Waals surface area contributed by atoms with Gasteiger partial charge in [-0.2, -0.15) is 0 Å². The highest BCUT2D eigenvalue weighted by Gasteiger charge is 2.27. The monoisotopic (exact) mass is 570 g/mol. The van der Waals surface area contributed by atoms with Gasteiger partial charge in [0.1, 0.15) is 6.54 Å². The van der Waals surface area contributed by atoms with E-state index in [4.69, 9.17) is 0 Å². The van der Waals surface area contributed by atoms with Gasteiger partial charge in [0.2, 0.25) is 5.91 Å². The summed E-state index contributed by atoms with van der Waals surface area (Å²) in [5.74, 6) is 0.785. The Bertz CT molecular complexity index is 715. The molecular formula is C25H43IN6O. The molecule has 186 valence electrons. The third-order valence-electron chi connectivity index (χ3n) is 6.74. The Labute approximate surface area is 217 Å². The molecule has 1 heterocycles. The van der Waals surface area contributed by atoms with Gasteiger partial charge in [0.15, 0.2) is 5.96 Å². The molecule has 2 aliphatic rings. The maximum atomic E-state index is 12.1. The number of carbonyl (C=O) groups is 1. The Morgan fingerprint density at radius 3 is 2.36 bits per heavy atom. The quantitative estimate of drug-likeness (QED) is 0.207. The number of piperidine rings is 1. The molecule has 33 heavy (non-hydrogen) atoms. The van der Waals surface area contributed by atoms with Crippen molar-refractivity contribution in [2.45, 2.75) is 57.0 Å². The predicted molar refractivity (Wildman–Crippen MR) is 149 cm³/mol. The lowest BCUT2D eigenvalue weighted by Gasteiger charge is -2.36. The van der Waals surface area contributed by atoms with E-state index in [-0.39, 0.29) is 36.4 Å². The molecule has 1 amide bonds. The van der Waals surface area contributed by atoms with Crippen molar-refractivity contribution in [2.24, 2.45) is 4.99 Å². The second kappa shape index (κ2) is 14.7. The second-order valence-corrected chi connectivity index (χ2v) is 9.38. The molecule has 2 fully saturated rings. The van der Waals surface area contributed by atoms with Crippen molar-refractivity contribution in [2.75, 3.05) is 58.8 Å². The molecule has 3 rings (SSSR count). The second-order valence-electron chi connectivity index (χ2n) is 9.38. The standard InChI is InChI=1S/C25H42N6O.HI/c1-29(2)24(32)20-27-25(26-16-9-17-30(3)22-10-5-4-6-11-22)28-21-14-18-31(19-15-21)23-12-7-8-13-23;/h4-6,10-11,21,23H,7-9,12-20H2,1-3H3,(H2,26,27,28);1H. The first-order chi connectivity index (χ1) is 15.5. The zero-order valence-corrected chi connectivity index (χ0v) is 23.0. The smallest absolute Gasteiger partial charge is 0.243 e. The molecule has 0 radical (unpaired) electrons. The lowest BCUT2D eigenvalue weighted by Crippen LogP contribution is -2.50. The predicted octanol–water partition coefficient (Wildman–Crippen LogP) is 3.16. The lowest BCUT2D eigenvalue weighted by atomic mass is 10.0. The Morgan fingerprint density at radius 1 is 1.06 bits per heavy atom. The van der Waals surface area contributed by atoms with Crippen molar-refractivity contribution in [3.63, 3.8) is 0 Å². The maximum Gasteiger partial charge on any atom is 0.243 e. The molecule has 1 aliphatic heterocycles. The molecule has 8 heteroatoms. The molecule has 0 bridgehead atoms. The van der Waals surface area contributed by atoms with E-state index in [9.17, 15) is 4.79 Å². The molecular weight excluding hydrogens is 527 g/mol. The minimum Gasteiger partial charge on any atom is -0.375 e. The van der Waals surface area contributed by atoms with Gasteiger partial charge in [-0.05, 0) is 44.2 Å². The van der Waals surface area contributed by atoms with E-state index in [2.05, 4.69) is 56.7 Å². The SMILES string of the molecule is CN(C)C(=O)CN=C(NCCCN(C)c1ccccc1)NC1CCN(C2CCCC2)CC1.I. The molecule has 0 atom stereocenters. The van der Waals surface area contributed by atoms with Gasteiger partial charge in [-0.15, -0.1) is 24.0 Å². The van der Waals surface area contributed by atoms with Gasteiger partial charge in [-0.1, -0.05) is 31.0 Å². The van der Waals surface area contributed by atoms with Crippen LogP contribution in [0.5, 0.6) is 0 Å². The number of hydrogen-bond acceptors (Lipinski definition) is 4. The van der Waals surface area contributed by atoms with Gasteiger partial charge >= 0.3 is 0 Å². The summed E-state index contributed by atoms with van der Waals surface area (Å²) in [7, 11) is 5.67. The average molecular weight is 571 g/mol. The summed E-state index contributed by atoms with van der Waals surface area (Å²) in [6, 6.07) is 11.7. The summed E-state index contributed by atoms with van der Waals surface area (Å²) < 4.78 is 0. The zero-order valence-electron chi connectivity index (χ0n) is 20.6. The first-order valence-corrected chi connectivity index (χ1v) is 12.3. The fraction of sp³-hybridized carbons (Fsp3) is 0.680. The van der Waals surface area contributed by atoms with Crippen LogP contribution in [0, 0.1) is 0 Å². The number of nitrogens with zero attached hydrogens (tertiary/aromatic N) is 4. The van der Waals surface area contributed by atoms with Crippen LogP contribution in [-0.4, -0.2) is 87.6 Å². The molecule has 2 N–H and O–H groups in total. The summed E-state index contributed by atoms with van der Waals surface area (Å²) in [5, 5.41) is 7.07. The van der Waals surface area contributed by atoms with E-state index < -0.39 is 0 Å². The molecule has 1 saturated heterocycles. The third kappa shape index (κ3) is 9.31. The van der Waals surface area contributed by atoms with Crippen LogP contribution in [-0.2, 0) is 4.79 Å². The van der Waals surface area contributed by atoms with Gasteiger partial charge in [-0.3, -0.25) is 4.79 Å². The van der Waals surface area contributed by atoms with Crippen molar-refractivity contribution in [3.8, 4) is 0 Å². The van der Waals surface area contributed by atoms with E-state index in [1.807, 2.05) is 6.07 Å². The van der Waals surface area contributed by atoms with E-state index in [0.717, 1.165) is 57.4 Å². The minimum absolute atomic E-state index is 0. The van der Waals surface area contributed by atoms with Crippen LogP contribution in [0.1, 0.15) is 44.9 Å². The van der Waals surface area contributed by atoms with Gasteiger partial charge in [0, 0.05) is 65.1 Å². The number of aliphatic imine (C=N–C) groups is 1. The number of benzene rings is 1. The van der Waals surface area contributed by atoms with Crippen LogP contribution in [0.4, 0.5) is 5.69 Å². The maximum absolute atomic E-state index is 12.1. The van der Waals surface area contributed by atoms with Crippen LogP contribution < -0.4 is 15.5 Å². The van der Waals surface area contributed by atoms with Crippen LogP contribution in [0.3, 0.4) is 0 Å². The summed E-state index contributed by atoms with van der Waals surface area (Å²) in [6.07, 6.45) is 8.79. The molecule has 1 aromatic rings. The highest BCUT2D eigenvalue weighted by molar-refractivity contribution is 14.0. The largest absolute Gasteiger partial charge is 0.375 e.